The van der Waals surface area contributed by atoms with Crippen LogP contribution in [0.15, 0.2) is 46.9 Å². The molecule has 1 fully saturated rings. The van der Waals surface area contributed by atoms with E-state index in [-0.39, 0.29) is 24.6 Å². The van der Waals surface area contributed by atoms with Gasteiger partial charge in [-0.1, -0.05) is 12.1 Å². The minimum Gasteiger partial charge on any atom is -0.497 e. The number of fused-ring (bicyclic) bond motifs is 2. The van der Waals surface area contributed by atoms with Gasteiger partial charge in [-0.15, -0.1) is 0 Å². The van der Waals surface area contributed by atoms with Gasteiger partial charge in [-0.3, -0.25) is 25.0 Å². The monoisotopic (exact) mass is 505 g/mol. The van der Waals surface area contributed by atoms with E-state index in [4.69, 9.17) is 9.15 Å². The minimum absolute atomic E-state index is 0.120. The highest BCUT2D eigenvalue weighted by atomic mass is 16.5. The molecule has 5 rings (SSSR count). The number of urea groups is 2. The Morgan fingerprint density at radius 2 is 2.03 bits per heavy atom. The van der Waals surface area contributed by atoms with Crippen molar-refractivity contribution in [1.29, 1.82) is 0 Å². The first-order valence-electron chi connectivity index (χ1n) is 11.4. The van der Waals surface area contributed by atoms with Crippen molar-refractivity contribution < 1.29 is 33.1 Å². The second kappa shape index (κ2) is 8.97. The predicted molar refractivity (Wildman–Crippen MR) is 128 cm³/mol. The molecule has 7 amide bonds. The summed E-state index contributed by atoms with van der Waals surface area (Å²) in [6, 6.07) is 10.0. The van der Waals surface area contributed by atoms with E-state index < -0.39 is 29.6 Å². The molecule has 0 saturated carbocycles. The fourth-order valence-electron chi connectivity index (χ4n) is 4.56. The van der Waals surface area contributed by atoms with Crippen LogP contribution in [0.1, 0.15) is 40.2 Å². The third-order valence-electron chi connectivity index (χ3n) is 6.57. The molecule has 3 aromatic rings. The third-order valence-corrected chi connectivity index (χ3v) is 6.57. The summed E-state index contributed by atoms with van der Waals surface area (Å²) in [7, 11) is 1.52. The van der Waals surface area contributed by atoms with Crippen molar-refractivity contribution in [2.75, 3.05) is 13.7 Å². The van der Waals surface area contributed by atoms with Crippen molar-refractivity contribution in [3.63, 3.8) is 0 Å². The lowest BCUT2D eigenvalue weighted by atomic mass is 9.98. The van der Waals surface area contributed by atoms with Crippen molar-refractivity contribution in [3.8, 4) is 5.75 Å². The van der Waals surface area contributed by atoms with E-state index in [2.05, 4.69) is 21.3 Å². The summed E-state index contributed by atoms with van der Waals surface area (Å²) in [5.74, 6) is 0.0611. The van der Waals surface area contributed by atoms with E-state index in [0.29, 0.717) is 34.4 Å². The summed E-state index contributed by atoms with van der Waals surface area (Å²) in [5, 5.41) is 10.2. The smallest absolute Gasteiger partial charge is 0.322 e. The molecule has 2 aliphatic heterocycles. The molecule has 0 aliphatic carbocycles. The maximum absolute atomic E-state index is 13.1. The van der Waals surface area contributed by atoms with Gasteiger partial charge < -0.3 is 24.7 Å². The lowest BCUT2D eigenvalue weighted by Gasteiger charge is -2.25. The molecule has 1 aromatic heterocycles. The first kappa shape index (κ1) is 23.9. The summed E-state index contributed by atoms with van der Waals surface area (Å²) in [6.07, 6.45) is 0.267. The largest absolute Gasteiger partial charge is 0.497 e. The summed E-state index contributed by atoms with van der Waals surface area (Å²) < 4.78 is 11.1. The molecule has 4 N–H and O–H groups in total. The van der Waals surface area contributed by atoms with Gasteiger partial charge in [0, 0.05) is 24.0 Å². The Kier molecular flexibility index (Phi) is 5.78. The number of furan rings is 1. The molecular formula is C25H23N5O7. The highest BCUT2D eigenvalue weighted by molar-refractivity contribution is 6.07. The Morgan fingerprint density at radius 1 is 1.22 bits per heavy atom. The number of amides is 7. The van der Waals surface area contributed by atoms with Crippen LogP contribution in [0.2, 0.25) is 0 Å². The van der Waals surface area contributed by atoms with Gasteiger partial charge in [-0.2, -0.15) is 0 Å². The molecule has 2 aliphatic rings. The predicted octanol–water partition coefficient (Wildman–Crippen LogP) is 1.65. The van der Waals surface area contributed by atoms with Gasteiger partial charge >= 0.3 is 12.1 Å². The van der Waals surface area contributed by atoms with Gasteiger partial charge in [0.1, 0.15) is 17.1 Å². The van der Waals surface area contributed by atoms with Crippen LogP contribution in [0.4, 0.5) is 9.59 Å². The fourth-order valence-corrected chi connectivity index (χ4v) is 4.56. The van der Waals surface area contributed by atoms with Crippen molar-refractivity contribution in [1.82, 2.24) is 26.2 Å². The normalized spacial score (nSPS) is 19.3. The number of hydrogen-bond donors (Lipinski definition) is 4. The van der Waals surface area contributed by atoms with Gasteiger partial charge in [0.2, 0.25) is 6.41 Å². The van der Waals surface area contributed by atoms with E-state index in [0.717, 1.165) is 5.56 Å². The van der Waals surface area contributed by atoms with Crippen LogP contribution in [-0.2, 0) is 21.7 Å². The Hall–Kier alpha value is -4.87. The van der Waals surface area contributed by atoms with Gasteiger partial charge in [-0.05, 0) is 48.4 Å². The van der Waals surface area contributed by atoms with Gasteiger partial charge in [0.15, 0.2) is 5.54 Å². The second-order valence-electron chi connectivity index (χ2n) is 8.94. The summed E-state index contributed by atoms with van der Waals surface area (Å²) in [4.78, 5) is 61.7. The molecule has 0 radical (unpaired) electrons. The molecule has 190 valence electrons. The molecule has 3 heterocycles. The first-order chi connectivity index (χ1) is 17.7. The van der Waals surface area contributed by atoms with Crippen LogP contribution in [-0.4, -0.2) is 48.8 Å². The fraction of sp³-hybridized carbons (Fsp3) is 0.240. The lowest BCUT2D eigenvalue weighted by Crippen LogP contribution is -2.42. The van der Waals surface area contributed by atoms with Crippen LogP contribution in [0, 0.1) is 0 Å². The minimum atomic E-state index is -1.37. The number of hydrogen-bond acceptors (Lipinski definition) is 7. The molecule has 1 unspecified atom stereocenters. The van der Waals surface area contributed by atoms with Gasteiger partial charge in [0.05, 0.1) is 13.2 Å². The Bertz CT molecular complexity index is 1460. The quantitative estimate of drug-likeness (QED) is 0.281. The van der Waals surface area contributed by atoms with Crippen LogP contribution in [0.5, 0.6) is 5.75 Å². The number of nitrogens with one attached hydrogen (secondary N) is 4. The average molecular weight is 505 g/mol. The number of methoxy groups -OCH3 is 1. The average Bonchev–Trinajstić information content (AvgIpc) is 3.52. The molecule has 0 spiro atoms. The Labute approximate surface area is 210 Å². The number of ether oxygens (including phenoxy) is 1. The second-order valence-corrected chi connectivity index (χ2v) is 8.94. The Morgan fingerprint density at radius 3 is 2.73 bits per heavy atom. The van der Waals surface area contributed by atoms with Crippen LogP contribution in [0.3, 0.4) is 0 Å². The molecular weight excluding hydrogens is 482 g/mol. The number of carbonyl (C=O) groups excluding carboxylic acids is 5. The molecule has 2 atom stereocenters. The third kappa shape index (κ3) is 4.22. The van der Waals surface area contributed by atoms with Crippen LogP contribution in [0.25, 0.3) is 11.0 Å². The van der Waals surface area contributed by atoms with E-state index in [1.54, 1.807) is 41.3 Å². The van der Waals surface area contributed by atoms with Crippen molar-refractivity contribution in [3.05, 3.63) is 64.9 Å². The number of nitrogens with zero attached hydrogens (tertiary/aromatic N) is 1. The molecule has 37 heavy (non-hydrogen) atoms. The topological polar surface area (TPSA) is 159 Å². The van der Waals surface area contributed by atoms with Crippen molar-refractivity contribution in [2.45, 2.75) is 25.0 Å². The summed E-state index contributed by atoms with van der Waals surface area (Å²) >= 11 is 0. The van der Waals surface area contributed by atoms with E-state index in [1.165, 1.54) is 14.0 Å². The van der Waals surface area contributed by atoms with Crippen LogP contribution < -0.4 is 26.0 Å². The maximum atomic E-state index is 13.1. The molecule has 12 nitrogen and oxygen atoms in total. The van der Waals surface area contributed by atoms with Crippen molar-refractivity contribution in [2.24, 2.45) is 0 Å². The summed E-state index contributed by atoms with van der Waals surface area (Å²) in [6.45, 7) is 2.00. The SMILES string of the molecule is COc1ccc2c(c1)C(=O)N(C[C@H](NC(=O)NC=O)c1ccc3oc(C4(C)NC(=O)NC4=O)cc3c1)C2. The highest BCUT2D eigenvalue weighted by Crippen LogP contribution is 2.33. The van der Waals surface area contributed by atoms with E-state index in [1.807, 2.05) is 6.07 Å². The number of imide groups is 2. The Balaban J connectivity index is 1.45. The van der Waals surface area contributed by atoms with E-state index in [9.17, 15) is 24.0 Å². The number of rotatable bonds is 7. The standard InChI is InChI=1S/C25H23N5O7/c1-25(22(33)28-24(35)29-25)20-8-15-7-13(4-6-19(15)37-20)18(27-23(34)26-12-31)11-30-10-14-3-5-16(36-2)9-17(14)21(30)32/h3-9,12,18H,10-11H2,1-2H3,(H2,26,27,31,34)(H2,28,29,33,35)/t18-,25?/m0/s1. The zero-order chi connectivity index (χ0) is 26.3. The van der Waals surface area contributed by atoms with Gasteiger partial charge in [0.25, 0.3) is 11.8 Å². The molecule has 1 saturated heterocycles. The maximum Gasteiger partial charge on any atom is 0.322 e. The number of benzene rings is 2. The van der Waals surface area contributed by atoms with Crippen LogP contribution >= 0.6 is 0 Å². The molecule has 0 bridgehead atoms. The number of carbonyl (C=O) groups is 5. The molecule has 12 heteroatoms. The molecule has 2 aromatic carbocycles. The summed E-state index contributed by atoms with van der Waals surface area (Å²) in [5.41, 5.74) is 1.08. The van der Waals surface area contributed by atoms with Crippen molar-refractivity contribution >= 4 is 41.3 Å². The first-order valence-corrected chi connectivity index (χ1v) is 11.4. The van der Waals surface area contributed by atoms with Gasteiger partial charge in [-0.25, -0.2) is 9.59 Å². The highest BCUT2D eigenvalue weighted by Gasteiger charge is 2.46. The zero-order valence-corrected chi connectivity index (χ0v) is 19.9. The van der Waals surface area contributed by atoms with E-state index >= 15 is 0 Å². The lowest BCUT2D eigenvalue weighted by molar-refractivity contribution is -0.124. The zero-order valence-electron chi connectivity index (χ0n) is 19.9.